The highest BCUT2D eigenvalue weighted by atomic mass is 19.4. The van der Waals surface area contributed by atoms with Crippen molar-refractivity contribution in [3.63, 3.8) is 0 Å². The van der Waals surface area contributed by atoms with Gasteiger partial charge in [0.25, 0.3) is 5.91 Å². The number of hydrogen-bond donors (Lipinski definition) is 1. The Morgan fingerprint density at radius 2 is 1.79 bits per heavy atom. The van der Waals surface area contributed by atoms with Crippen molar-refractivity contribution in [2.24, 2.45) is 0 Å². The molecular weight excluding hydrogens is 440 g/mol. The van der Waals surface area contributed by atoms with Gasteiger partial charge < -0.3 is 10.2 Å². The number of rotatable bonds is 7. The number of carbonyl (C=O) groups excluding carboxylic acids is 1. The monoisotopic (exact) mass is 462 g/mol. The number of aryl methyl sites for hydroxylation is 1. The lowest BCUT2D eigenvalue weighted by atomic mass is 10.1. The van der Waals surface area contributed by atoms with Gasteiger partial charge in [-0.3, -0.25) is 9.59 Å². The summed E-state index contributed by atoms with van der Waals surface area (Å²) in [6, 6.07) is 12.1. The summed E-state index contributed by atoms with van der Waals surface area (Å²) in [5, 5.41) is 6.47. The molecule has 1 N–H and O–H groups in total. The molecule has 3 aromatic rings. The smallest absolute Gasteiger partial charge is 0.372 e. The van der Waals surface area contributed by atoms with Crippen LogP contribution in [0.3, 0.4) is 0 Å². The van der Waals surface area contributed by atoms with Crippen LogP contribution >= 0.6 is 0 Å². The van der Waals surface area contributed by atoms with Crippen molar-refractivity contribution < 1.29 is 22.4 Å². The molecule has 0 radical (unpaired) electrons. The van der Waals surface area contributed by atoms with Gasteiger partial charge in [-0.1, -0.05) is 24.3 Å². The van der Waals surface area contributed by atoms with Gasteiger partial charge in [-0.15, -0.1) is 0 Å². The van der Waals surface area contributed by atoms with Gasteiger partial charge in [0.2, 0.25) is 5.43 Å². The third kappa shape index (κ3) is 5.57. The number of nitrogens with one attached hydrogen (secondary N) is 1. The predicted octanol–water partition coefficient (Wildman–Crippen LogP) is 3.96. The Morgan fingerprint density at radius 3 is 2.48 bits per heavy atom. The molecule has 0 spiro atoms. The quantitative estimate of drug-likeness (QED) is 0.427. The standard InChI is InChI=1S/C23H22F4N4O2/c1-15-14-20(32)21(29-31(15)18-10-5-3-8-16(18)23(25,26)27)22(33)28-12-7-13-30(2)19-11-6-4-9-17(19)24/h3-6,8-11,14H,7,12-13H2,1-2H3,(H,28,33). The molecule has 1 aromatic heterocycles. The van der Waals surface area contributed by atoms with Crippen molar-refractivity contribution in [1.29, 1.82) is 0 Å². The summed E-state index contributed by atoms with van der Waals surface area (Å²) >= 11 is 0. The van der Waals surface area contributed by atoms with E-state index in [2.05, 4.69) is 10.4 Å². The Bertz CT molecular complexity index is 1210. The predicted molar refractivity (Wildman–Crippen MR) is 116 cm³/mol. The van der Waals surface area contributed by atoms with Gasteiger partial charge in [0.15, 0.2) is 5.69 Å². The van der Waals surface area contributed by atoms with Crippen LogP contribution in [0.15, 0.2) is 59.4 Å². The molecule has 6 nitrogen and oxygen atoms in total. The molecule has 0 bridgehead atoms. The largest absolute Gasteiger partial charge is 0.418 e. The molecule has 3 rings (SSSR count). The van der Waals surface area contributed by atoms with Crippen molar-refractivity contribution in [1.82, 2.24) is 15.1 Å². The number of nitrogens with zero attached hydrogens (tertiary/aromatic N) is 3. The molecule has 10 heteroatoms. The van der Waals surface area contributed by atoms with E-state index in [-0.39, 0.29) is 23.7 Å². The van der Waals surface area contributed by atoms with Crippen LogP contribution < -0.4 is 15.6 Å². The molecule has 0 aliphatic carbocycles. The minimum absolute atomic E-state index is 0.153. The number of alkyl halides is 3. The molecular formula is C23H22F4N4O2. The molecule has 0 fully saturated rings. The summed E-state index contributed by atoms with van der Waals surface area (Å²) in [7, 11) is 1.71. The van der Waals surface area contributed by atoms with Gasteiger partial charge in [0, 0.05) is 31.9 Å². The zero-order valence-electron chi connectivity index (χ0n) is 18.0. The maximum absolute atomic E-state index is 13.8. The number of halogens is 4. The first-order valence-corrected chi connectivity index (χ1v) is 10.1. The average Bonchev–Trinajstić information content (AvgIpc) is 2.76. The van der Waals surface area contributed by atoms with Crippen LogP contribution in [0.25, 0.3) is 5.69 Å². The highest BCUT2D eigenvalue weighted by Crippen LogP contribution is 2.33. The summed E-state index contributed by atoms with van der Waals surface area (Å²) in [6.45, 7) is 2.01. The van der Waals surface area contributed by atoms with Crippen LogP contribution in [0.2, 0.25) is 0 Å². The number of benzene rings is 2. The van der Waals surface area contributed by atoms with Gasteiger partial charge in [0.1, 0.15) is 5.82 Å². The lowest BCUT2D eigenvalue weighted by Gasteiger charge is -2.20. The molecule has 0 aliphatic rings. The molecule has 0 atom stereocenters. The van der Waals surface area contributed by atoms with Crippen LogP contribution in [0.1, 0.15) is 28.2 Å². The van der Waals surface area contributed by atoms with Crippen molar-refractivity contribution in [2.45, 2.75) is 19.5 Å². The maximum Gasteiger partial charge on any atom is 0.418 e. The van der Waals surface area contributed by atoms with E-state index in [1.54, 1.807) is 30.1 Å². The van der Waals surface area contributed by atoms with E-state index < -0.39 is 28.8 Å². The van der Waals surface area contributed by atoms with Gasteiger partial charge in [-0.2, -0.15) is 18.3 Å². The lowest BCUT2D eigenvalue weighted by molar-refractivity contribution is -0.137. The zero-order chi connectivity index (χ0) is 24.2. The first-order chi connectivity index (χ1) is 15.6. The number of aromatic nitrogens is 2. The summed E-state index contributed by atoms with van der Waals surface area (Å²) in [4.78, 5) is 26.5. The molecule has 0 aliphatic heterocycles. The van der Waals surface area contributed by atoms with Crippen molar-refractivity contribution in [3.8, 4) is 5.69 Å². The van der Waals surface area contributed by atoms with E-state index in [4.69, 9.17) is 0 Å². The average molecular weight is 462 g/mol. The van der Waals surface area contributed by atoms with Crippen molar-refractivity contribution >= 4 is 11.6 Å². The van der Waals surface area contributed by atoms with E-state index in [0.717, 1.165) is 16.8 Å². The molecule has 0 saturated heterocycles. The molecule has 33 heavy (non-hydrogen) atoms. The summed E-state index contributed by atoms with van der Waals surface area (Å²) < 4.78 is 55.0. The number of carbonyl (C=O) groups is 1. The summed E-state index contributed by atoms with van der Waals surface area (Å²) in [5.41, 5.74) is -1.88. The number of hydrogen-bond acceptors (Lipinski definition) is 4. The first-order valence-electron chi connectivity index (χ1n) is 10.1. The Labute approximate surface area is 187 Å². The Kier molecular flexibility index (Phi) is 7.15. The fourth-order valence-electron chi connectivity index (χ4n) is 3.33. The Hall–Kier alpha value is -3.69. The number of anilines is 1. The second kappa shape index (κ2) is 9.85. The van der Waals surface area contributed by atoms with Gasteiger partial charge >= 0.3 is 6.18 Å². The van der Waals surface area contributed by atoms with Gasteiger partial charge in [-0.25, -0.2) is 9.07 Å². The second-order valence-electron chi connectivity index (χ2n) is 7.41. The fourth-order valence-corrected chi connectivity index (χ4v) is 3.33. The van der Waals surface area contributed by atoms with Crippen LogP contribution in [0.5, 0.6) is 0 Å². The van der Waals surface area contributed by atoms with Gasteiger partial charge in [0.05, 0.1) is 16.9 Å². The molecule has 1 heterocycles. The third-order valence-electron chi connectivity index (χ3n) is 4.98. The van der Waals surface area contributed by atoms with E-state index in [1.165, 1.54) is 31.2 Å². The molecule has 2 aromatic carbocycles. The Morgan fingerprint density at radius 1 is 1.12 bits per heavy atom. The Balaban J connectivity index is 1.73. The number of amides is 1. The fraction of sp³-hybridized carbons (Fsp3) is 0.261. The summed E-state index contributed by atoms with van der Waals surface area (Å²) in [5.74, 6) is -1.17. The van der Waals surface area contributed by atoms with Crippen molar-refractivity contribution in [3.05, 3.63) is 87.6 Å². The second-order valence-corrected chi connectivity index (χ2v) is 7.41. The highest BCUT2D eigenvalue weighted by Gasteiger charge is 2.34. The molecule has 0 saturated carbocycles. The van der Waals surface area contributed by atoms with Crippen LogP contribution in [0, 0.1) is 12.7 Å². The third-order valence-corrected chi connectivity index (χ3v) is 4.98. The first kappa shape index (κ1) is 24.0. The minimum atomic E-state index is -4.64. The lowest BCUT2D eigenvalue weighted by Crippen LogP contribution is -2.34. The maximum atomic E-state index is 13.8. The van der Waals surface area contributed by atoms with Crippen molar-refractivity contribution in [2.75, 3.05) is 25.0 Å². The minimum Gasteiger partial charge on any atom is -0.372 e. The zero-order valence-corrected chi connectivity index (χ0v) is 18.0. The van der Waals surface area contributed by atoms with Crippen LogP contribution in [-0.2, 0) is 6.18 Å². The SMILES string of the molecule is Cc1cc(=O)c(C(=O)NCCCN(C)c2ccccc2F)nn1-c1ccccc1C(F)(F)F. The van der Waals surface area contributed by atoms with E-state index >= 15 is 0 Å². The molecule has 174 valence electrons. The van der Waals surface area contributed by atoms with Crippen LogP contribution in [0.4, 0.5) is 23.2 Å². The molecule has 1 amide bonds. The topological polar surface area (TPSA) is 67.2 Å². The normalized spacial score (nSPS) is 11.3. The van der Waals surface area contributed by atoms with E-state index in [9.17, 15) is 27.2 Å². The number of para-hydroxylation sites is 2. The van der Waals surface area contributed by atoms with E-state index in [1.807, 2.05) is 0 Å². The summed E-state index contributed by atoms with van der Waals surface area (Å²) in [6.07, 6.45) is -4.20. The highest BCUT2D eigenvalue weighted by molar-refractivity contribution is 5.92. The van der Waals surface area contributed by atoms with E-state index in [0.29, 0.717) is 18.7 Å². The van der Waals surface area contributed by atoms with Crippen LogP contribution in [-0.4, -0.2) is 35.8 Å². The van der Waals surface area contributed by atoms with Gasteiger partial charge in [-0.05, 0) is 37.6 Å². The molecule has 0 unspecified atom stereocenters.